The van der Waals surface area contributed by atoms with E-state index in [4.69, 9.17) is 0 Å². The van der Waals surface area contributed by atoms with Gasteiger partial charge in [0.25, 0.3) is 0 Å². The van der Waals surface area contributed by atoms with Crippen molar-refractivity contribution in [3.63, 3.8) is 0 Å². The normalized spacial score (nSPS) is 19.2. The second-order valence-electron chi connectivity index (χ2n) is 2.76. The molecule has 0 aromatic carbocycles. The molecule has 0 fully saturated rings. The Morgan fingerprint density at radius 3 is 2.33 bits per heavy atom. The lowest BCUT2D eigenvalue weighted by molar-refractivity contribution is -0.120. The average molecular weight is 162 g/mol. The number of rotatable bonds is 2. The highest BCUT2D eigenvalue weighted by molar-refractivity contribution is 6.03. The van der Waals surface area contributed by atoms with Gasteiger partial charge in [-0.1, -0.05) is 18.2 Å². The number of ketones is 2. The quantitative estimate of drug-likeness (QED) is 0.576. The number of carbonyl (C=O) groups excluding carboxylic acids is 2. The molecule has 0 radical (unpaired) electrons. The molecule has 0 aromatic heterocycles. The zero-order chi connectivity index (χ0) is 9.19. The highest BCUT2D eigenvalue weighted by atomic mass is 16.1. The molecule has 0 N–H and O–H groups in total. The summed E-state index contributed by atoms with van der Waals surface area (Å²) in [6.07, 6.45) is 7.47. The van der Waals surface area contributed by atoms with E-state index in [9.17, 15) is 9.59 Å². The lowest BCUT2D eigenvalue weighted by Gasteiger charge is -2.20. The maximum absolute atomic E-state index is 11.2. The highest BCUT2D eigenvalue weighted by Crippen LogP contribution is 2.26. The van der Waals surface area contributed by atoms with Crippen LogP contribution in [0, 0.1) is 5.41 Å². The molecular weight excluding hydrogens is 152 g/mol. The van der Waals surface area contributed by atoms with Crippen molar-refractivity contribution >= 4 is 11.6 Å². The molecule has 0 saturated heterocycles. The summed E-state index contributed by atoms with van der Waals surface area (Å²) in [5.41, 5.74) is -0.756. The van der Waals surface area contributed by atoms with Gasteiger partial charge in [-0.05, 0) is 19.1 Å². The van der Waals surface area contributed by atoms with Gasteiger partial charge in [-0.15, -0.1) is 6.58 Å². The number of hydrogen-bond acceptors (Lipinski definition) is 2. The Morgan fingerprint density at radius 1 is 1.50 bits per heavy atom. The first-order valence-electron chi connectivity index (χ1n) is 3.68. The summed E-state index contributed by atoms with van der Waals surface area (Å²) in [6.45, 7) is 5.05. The zero-order valence-electron chi connectivity index (χ0n) is 6.91. The fourth-order valence-corrected chi connectivity index (χ4v) is 1.07. The Morgan fingerprint density at radius 2 is 2.00 bits per heavy atom. The van der Waals surface area contributed by atoms with Gasteiger partial charge in [0.1, 0.15) is 5.78 Å². The first-order valence-corrected chi connectivity index (χ1v) is 3.68. The molecule has 2 nitrogen and oxygen atoms in total. The van der Waals surface area contributed by atoms with Gasteiger partial charge in [0.15, 0.2) is 5.78 Å². The Kier molecular flexibility index (Phi) is 2.09. The molecule has 2 heteroatoms. The molecule has 62 valence electrons. The van der Waals surface area contributed by atoms with Gasteiger partial charge < -0.3 is 0 Å². The molecule has 0 aliphatic heterocycles. The van der Waals surface area contributed by atoms with Crippen LogP contribution in [0.1, 0.15) is 6.92 Å². The van der Waals surface area contributed by atoms with E-state index >= 15 is 0 Å². The van der Waals surface area contributed by atoms with Crippen LogP contribution < -0.4 is 0 Å². The summed E-state index contributed by atoms with van der Waals surface area (Å²) in [5.74, 6) is -0.119. The third-order valence-corrected chi connectivity index (χ3v) is 1.99. The van der Waals surface area contributed by atoms with Crippen molar-refractivity contribution in [2.45, 2.75) is 6.92 Å². The molecule has 1 rings (SSSR count). The van der Waals surface area contributed by atoms with Crippen LogP contribution in [0.3, 0.4) is 0 Å². The van der Waals surface area contributed by atoms with Crippen molar-refractivity contribution in [2.75, 3.05) is 0 Å². The minimum atomic E-state index is -0.756. The van der Waals surface area contributed by atoms with Gasteiger partial charge in [0.05, 0.1) is 5.41 Å². The van der Waals surface area contributed by atoms with Crippen LogP contribution in [0.15, 0.2) is 37.0 Å². The summed E-state index contributed by atoms with van der Waals surface area (Å²) in [7, 11) is 0. The van der Waals surface area contributed by atoms with Gasteiger partial charge in [-0.2, -0.15) is 0 Å². The molecule has 0 spiro atoms. The maximum Gasteiger partial charge on any atom is 0.178 e. The largest absolute Gasteiger partial charge is 0.298 e. The smallest absolute Gasteiger partial charge is 0.178 e. The molecule has 0 aromatic rings. The third-order valence-electron chi connectivity index (χ3n) is 1.99. The number of Topliss-reactive ketones (excluding diaryl/α,β-unsaturated/α-hetero) is 1. The standard InChI is InChI=1S/C10H10O2/c1-3-10(8(2)11)6-4-9(12)5-7-10/h3-7H,1H2,2H3. The van der Waals surface area contributed by atoms with Crippen molar-refractivity contribution in [1.29, 1.82) is 0 Å². The Bertz CT molecular complexity index is 279. The first kappa shape index (κ1) is 8.65. The highest BCUT2D eigenvalue weighted by Gasteiger charge is 2.27. The maximum atomic E-state index is 11.2. The molecule has 0 saturated carbocycles. The average Bonchev–Trinajstić information content (AvgIpc) is 2.06. The fourth-order valence-electron chi connectivity index (χ4n) is 1.07. The van der Waals surface area contributed by atoms with Crippen molar-refractivity contribution in [2.24, 2.45) is 5.41 Å². The lowest BCUT2D eigenvalue weighted by atomic mass is 9.81. The molecule has 12 heavy (non-hydrogen) atoms. The minimum absolute atomic E-state index is 0.0301. The van der Waals surface area contributed by atoms with Crippen LogP contribution in [0.5, 0.6) is 0 Å². The Balaban J connectivity index is 3.07. The summed E-state index contributed by atoms with van der Waals surface area (Å²) in [5, 5.41) is 0. The molecule has 0 bridgehead atoms. The van der Waals surface area contributed by atoms with E-state index in [1.807, 2.05) is 0 Å². The lowest BCUT2D eigenvalue weighted by Crippen LogP contribution is -2.24. The van der Waals surface area contributed by atoms with Crippen LogP contribution >= 0.6 is 0 Å². The molecule has 0 heterocycles. The molecule has 0 atom stereocenters. The van der Waals surface area contributed by atoms with Crippen LogP contribution in [-0.4, -0.2) is 11.6 Å². The van der Waals surface area contributed by atoms with Gasteiger partial charge in [-0.3, -0.25) is 9.59 Å². The molecular formula is C10H10O2. The molecule has 1 aliphatic rings. The van der Waals surface area contributed by atoms with Gasteiger partial charge in [0.2, 0.25) is 0 Å². The van der Waals surface area contributed by atoms with Crippen LogP contribution in [0.4, 0.5) is 0 Å². The van der Waals surface area contributed by atoms with E-state index in [0.717, 1.165) is 0 Å². The van der Waals surface area contributed by atoms with E-state index in [1.165, 1.54) is 25.2 Å². The predicted octanol–water partition coefficient (Wildman–Crippen LogP) is 1.44. The number of allylic oxidation sites excluding steroid dienone is 5. The van der Waals surface area contributed by atoms with Gasteiger partial charge in [-0.25, -0.2) is 0 Å². The molecule has 1 aliphatic carbocycles. The molecule has 0 amide bonds. The predicted molar refractivity (Wildman–Crippen MR) is 46.6 cm³/mol. The second-order valence-corrected chi connectivity index (χ2v) is 2.76. The van der Waals surface area contributed by atoms with E-state index < -0.39 is 5.41 Å². The zero-order valence-corrected chi connectivity index (χ0v) is 6.91. The Hall–Kier alpha value is -1.44. The summed E-state index contributed by atoms with van der Waals surface area (Å²) in [4.78, 5) is 21.9. The topological polar surface area (TPSA) is 34.1 Å². The van der Waals surface area contributed by atoms with E-state index in [-0.39, 0.29) is 11.6 Å². The summed E-state index contributed by atoms with van der Waals surface area (Å²) in [6, 6.07) is 0. The van der Waals surface area contributed by atoms with Crippen molar-refractivity contribution in [1.82, 2.24) is 0 Å². The van der Waals surface area contributed by atoms with Crippen LogP contribution in [-0.2, 0) is 9.59 Å². The monoisotopic (exact) mass is 162 g/mol. The Labute approximate surface area is 71.3 Å². The van der Waals surface area contributed by atoms with Gasteiger partial charge in [0, 0.05) is 0 Å². The summed E-state index contributed by atoms with van der Waals surface area (Å²) >= 11 is 0. The fraction of sp³-hybridized carbons (Fsp3) is 0.200. The summed E-state index contributed by atoms with van der Waals surface area (Å²) < 4.78 is 0. The van der Waals surface area contributed by atoms with E-state index in [0.29, 0.717) is 0 Å². The minimum Gasteiger partial charge on any atom is -0.298 e. The SMILES string of the molecule is C=CC1(C(C)=O)C=CC(=O)C=C1. The van der Waals surface area contributed by atoms with Crippen molar-refractivity contribution < 1.29 is 9.59 Å². The van der Waals surface area contributed by atoms with E-state index in [2.05, 4.69) is 6.58 Å². The third kappa shape index (κ3) is 1.28. The van der Waals surface area contributed by atoms with Crippen LogP contribution in [0.2, 0.25) is 0 Å². The first-order chi connectivity index (χ1) is 5.60. The van der Waals surface area contributed by atoms with Crippen LogP contribution in [0.25, 0.3) is 0 Å². The number of hydrogen-bond donors (Lipinski definition) is 0. The molecule has 0 unspecified atom stereocenters. The van der Waals surface area contributed by atoms with Gasteiger partial charge >= 0.3 is 0 Å². The van der Waals surface area contributed by atoms with Crippen molar-refractivity contribution in [3.05, 3.63) is 37.0 Å². The second kappa shape index (κ2) is 2.89. The van der Waals surface area contributed by atoms with Crippen molar-refractivity contribution in [3.8, 4) is 0 Å². The van der Waals surface area contributed by atoms with E-state index in [1.54, 1.807) is 12.2 Å². The number of carbonyl (C=O) groups is 2.